The Morgan fingerprint density at radius 2 is 2.36 bits per heavy atom. The van der Waals surface area contributed by atoms with Crippen molar-refractivity contribution < 1.29 is 23.7 Å². The molecule has 5 nitrogen and oxygen atoms in total. The Balaban J connectivity index is 2.26. The standard InChI is InChI=1S/C9H16O5/c1-4-9(2)13-6-7(14-9)5-12-8(10)11-3/h7H,4-6H2,1-3H3. The van der Waals surface area contributed by atoms with Crippen molar-refractivity contribution in [2.75, 3.05) is 20.3 Å². The van der Waals surface area contributed by atoms with Gasteiger partial charge in [0.05, 0.1) is 13.7 Å². The van der Waals surface area contributed by atoms with E-state index in [-0.39, 0.29) is 12.7 Å². The maximum absolute atomic E-state index is 10.7. The van der Waals surface area contributed by atoms with E-state index in [1.807, 2.05) is 13.8 Å². The maximum atomic E-state index is 10.7. The van der Waals surface area contributed by atoms with Crippen LogP contribution in [-0.4, -0.2) is 38.4 Å². The Morgan fingerprint density at radius 3 is 2.86 bits per heavy atom. The first-order valence-corrected chi connectivity index (χ1v) is 4.62. The molecule has 1 saturated heterocycles. The van der Waals surface area contributed by atoms with Crippen LogP contribution in [0.25, 0.3) is 0 Å². The minimum atomic E-state index is -0.696. The molecule has 1 heterocycles. The van der Waals surface area contributed by atoms with Crippen LogP contribution in [0.1, 0.15) is 20.3 Å². The first-order chi connectivity index (χ1) is 6.59. The van der Waals surface area contributed by atoms with E-state index in [0.29, 0.717) is 6.61 Å². The number of ether oxygens (including phenoxy) is 4. The summed E-state index contributed by atoms with van der Waals surface area (Å²) in [6.45, 7) is 4.46. The molecule has 0 N–H and O–H groups in total. The monoisotopic (exact) mass is 204 g/mol. The Morgan fingerprint density at radius 1 is 1.64 bits per heavy atom. The molecule has 0 bridgehead atoms. The van der Waals surface area contributed by atoms with E-state index in [1.54, 1.807) is 0 Å². The minimum absolute atomic E-state index is 0.169. The highest BCUT2D eigenvalue weighted by Gasteiger charge is 2.36. The van der Waals surface area contributed by atoms with Gasteiger partial charge in [-0.15, -0.1) is 0 Å². The molecule has 1 rings (SSSR count). The highest BCUT2D eigenvalue weighted by atomic mass is 16.8. The van der Waals surface area contributed by atoms with Gasteiger partial charge in [-0.1, -0.05) is 6.92 Å². The summed E-state index contributed by atoms with van der Waals surface area (Å²) in [6, 6.07) is 0. The van der Waals surface area contributed by atoms with Gasteiger partial charge in [-0.3, -0.25) is 0 Å². The average molecular weight is 204 g/mol. The van der Waals surface area contributed by atoms with Crippen molar-refractivity contribution >= 4 is 6.16 Å². The second kappa shape index (κ2) is 4.61. The van der Waals surface area contributed by atoms with E-state index in [2.05, 4.69) is 4.74 Å². The molecule has 1 fully saturated rings. The molecule has 0 spiro atoms. The van der Waals surface area contributed by atoms with Crippen molar-refractivity contribution in [1.82, 2.24) is 0 Å². The van der Waals surface area contributed by atoms with Crippen LogP contribution in [0.3, 0.4) is 0 Å². The molecular formula is C9H16O5. The largest absolute Gasteiger partial charge is 0.508 e. The van der Waals surface area contributed by atoms with Gasteiger partial charge in [0.2, 0.25) is 0 Å². The van der Waals surface area contributed by atoms with Crippen molar-refractivity contribution in [2.24, 2.45) is 0 Å². The molecule has 0 aliphatic carbocycles. The first-order valence-electron chi connectivity index (χ1n) is 4.62. The molecule has 5 heteroatoms. The van der Waals surface area contributed by atoms with Gasteiger partial charge in [-0.2, -0.15) is 0 Å². The van der Waals surface area contributed by atoms with Crippen LogP contribution in [0.5, 0.6) is 0 Å². The van der Waals surface area contributed by atoms with Crippen LogP contribution in [0.4, 0.5) is 4.79 Å². The van der Waals surface area contributed by atoms with Gasteiger partial charge in [0.15, 0.2) is 5.79 Å². The van der Waals surface area contributed by atoms with E-state index in [1.165, 1.54) is 7.11 Å². The lowest BCUT2D eigenvalue weighted by atomic mass is 10.2. The van der Waals surface area contributed by atoms with Gasteiger partial charge in [0.1, 0.15) is 12.7 Å². The number of methoxy groups -OCH3 is 1. The zero-order valence-electron chi connectivity index (χ0n) is 8.74. The van der Waals surface area contributed by atoms with Crippen LogP contribution in [0.2, 0.25) is 0 Å². The Labute approximate surface area is 83.3 Å². The molecule has 0 amide bonds. The van der Waals surface area contributed by atoms with Crippen LogP contribution < -0.4 is 0 Å². The zero-order chi connectivity index (χ0) is 10.6. The molecule has 0 saturated carbocycles. The summed E-state index contributed by atoms with van der Waals surface area (Å²) in [7, 11) is 1.27. The van der Waals surface area contributed by atoms with Crippen LogP contribution in [-0.2, 0) is 18.9 Å². The summed E-state index contributed by atoms with van der Waals surface area (Å²) in [6.07, 6.45) is -0.125. The Hall–Kier alpha value is -0.810. The van der Waals surface area contributed by atoms with E-state index in [0.717, 1.165) is 6.42 Å². The molecule has 14 heavy (non-hydrogen) atoms. The molecule has 82 valence electrons. The van der Waals surface area contributed by atoms with Gasteiger partial charge < -0.3 is 18.9 Å². The predicted octanol–water partition coefficient (Wildman–Crippen LogP) is 1.31. The molecule has 0 radical (unpaired) electrons. The van der Waals surface area contributed by atoms with E-state index >= 15 is 0 Å². The number of carbonyl (C=O) groups excluding carboxylic acids is 1. The first kappa shape index (κ1) is 11.3. The lowest BCUT2D eigenvalue weighted by Gasteiger charge is -2.20. The predicted molar refractivity (Wildman–Crippen MR) is 47.9 cm³/mol. The Bertz CT molecular complexity index is 205. The smallest absolute Gasteiger partial charge is 0.438 e. The summed E-state index contributed by atoms with van der Waals surface area (Å²) in [5, 5.41) is 0. The summed E-state index contributed by atoms with van der Waals surface area (Å²) in [5.41, 5.74) is 0. The quantitative estimate of drug-likeness (QED) is 0.649. The fourth-order valence-corrected chi connectivity index (χ4v) is 1.18. The average Bonchev–Trinajstić information content (AvgIpc) is 2.58. The van der Waals surface area contributed by atoms with Crippen LogP contribution in [0, 0.1) is 0 Å². The maximum Gasteiger partial charge on any atom is 0.508 e. The number of hydrogen-bond donors (Lipinski definition) is 0. The third-order valence-corrected chi connectivity index (χ3v) is 2.19. The van der Waals surface area contributed by atoms with E-state index < -0.39 is 11.9 Å². The summed E-state index contributed by atoms with van der Waals surface area (Å²) in [5.74, 6) is -0.538. The van der Waals surface area contributed by atoms with Gasteiger partial charge in [-0.25, -0.2) is 4.79 Å². The van der Waals surface area contributed by atoms with Crippen molar-refractivity contribution in [2.45, 2.75) is 32.2 Å². The summed E-state index contributed by atoms with van der Waals surface area (Å²) < 4.78 is 20.0. The fourth-order valence-electron chi connectivity index (χ4n) is 1.18. The van der Waals surface area contributed by atoms with E-state index in [4.69, 9.17) is 14.2 Å². The van der Waals surface area contributed by atoms with Gasteiger partial charge in [0.25, 0.3) is 0 Å². The molecule has 2 atom stereocenters. The molecule has 0 aromatic carbocycles. The normalized spacial score (nSPS) is 31.5. The second-order valence-corrected chi connectivity index (χ2v) is 3.30. The van der Waals surface area contributed by atoms with Crippen molar-refractivity contribution in [3.05, 3.63) is 0 Å². The molecular weight excluding hydrogens is 188 g/mol. The lowest BCUT2D eigenvalue weighted by molar-refractivity contribution is -0.159. The van der Waals surface area contributed by atoms with Crippen molar-refractivity contribution in [3.8, 4) is 0 Å². The summed E-state index contributed by atoms with van der Waals surface area (Å²) in [4.78, 5) is 10.7. The number of carbonyl (C=O) groups is 1. The zero-order valence-corrected chi connectivity index (χ0v) is 8.74. The second-order valence-electron chi connectivity index (χ2n) is 3.30. The SMILES string of the molecule is CCC1(C)OCC(COC(=O)OC)O1. The van der Waals surface area contributed by atoms with Crippen LogP contribution >= 0.6 is 0 Å². The van der Waals surface area contributed by atoms with E-state index in [9.17, 15) is 4.79 Å². The molecule has 1 aliphatic heterocycles. The van der Waals surface area contributed by atoms with Crippen molar-refractivity contribution in [3.63, 3.8) is 0 Å². The minimum Gasteiger partial charge on any atom is -0.438 e. The molecule has 2 unspecified atom stereocenters. The molecule has 0 aromatic rings. The van der Waals surface area contributed by atoms with Gasteiger partial charge >= 0.3 is 6.16 Å². The number of hydrogen-bond acceptors (Lipinski definition) is 5. The highest BCUT2D eigenvalue weighted by molar-refractivity contribution is 5.59. The third-order valence-electron chi connectivity index (χ3n) is 2.19. The fraction of sp³-hybridized carbons (Fsp3) is 0.889. The van der Waals surface area contributed by atoms with Crippen LogP contribution in [0.15, 0.2) is 0 Å². The third kappa shape index (κ3) is 2.85. The van der Waals surface area contributed by atoms with Crippen molar-refractivity contribution in [1.29, 1.82) is 0 Å². The topological polar surface area (TPSA) is 54.0 Å². The van der Waals surface area contributed by atoms with Gasteiger partial charge in [0, 0.05) is 0 Å². The summed E-state index contributed by atoms with van der Waals surface area (Å²) >= 11 is 0. The number of rotatable bonds is 3. The lowest BCUT2D eigenvalue weighted by Crippen LogP contribution is -2.27. The molecule has 1 aliphatic rings. The van der Waals surface area contributed by atoms with Gasteiger partial charge in [-0.05, 0) is 13.3 Å². The highest BCUT2D eigenvalue weighted by Crippen LogP contribution is 2.26. The molecule has 0 aromatic heterocycles. The Kier molecular flexibility index (Phi) is 3.71.